The van der Waals surface area contributed by atoms with Gasteiger partial charge in [-0.1, -0.05) is 13.3 Å². The monoisotopic (exact) mass is 288 g/mol. The Bertz CT molecular complexity index is 420. The van der Waals surface area contributed by atoms with Crippen molar-refractivity contribution in [2.45, 2.75) is 32.8 Å². The number of anilines is 1. The van der Waals surface area contributed by atoms with E-state index in [1.807, 2.05) is 11.8 Å². The largest absolute Gasteiger partial charge is 0.395 e. The predicted molar refractivity (Wildman–Crippen MR) is 75.8 cm³/mol. The van der Waals surface area contributed by atoms with Gasteiger partial charge in [-0.2, -0.15) is 0 Å². The van der Waals surface area contributed by atoms with E-state index in [4.69, 9.17) is 5.11 Å². The van der Waals surface area contributed by atoms with E-state index in [0.29, 0.717) is 23.0 Å². The van der Waals surface area contributed by atoms with E-state index in [0.717, 1.165) is 12.8 Å². The summed E-state index contributed by atoms with van der Waals surface area (Å²) in [5.74, 6) is 0. The van der Waals surface area contributed by atoms with Crippen molar-refractivity contribution in [2.75, 3.05) is 24.6 Å². The fraction of sp³-hybridized carbons (Fsp3) is 0.667. The van der Waals surface area contributed by atoms with Gasteiger partial charge in [0.1, 0.15) is 0 Å². The molecule has 0 saturated heterocycles. The average molecular weight is 288 g/mol. The molecule has 6 nitrogen and oxygen atoms in total. The maximum Gasteiger partial charge on any atom is 0.304 e. The van der Waals surface area contributed by atoms with Crippen LogP contribution in [0.25, 0.3) is 0 Å². The van der Waals surface area contributed by atoms with Crippen LogP contribution < -0.4 is 4.90 Å². The third-order valence-corrected chi connectivity index (χ3v) is 4.12. The minimum Gasteiger partial charge on any atom is -0.395 e. The van der Waals surface area contributed by atoms with Gasteiger partial charge in [-0.05, 0) is 13.3 Å². The maximum atomic E-state index is 11.1. The fourth-order valence-corrected chi connectivity index (χ4v) is 2.85. The van der Waals surface area contributed by atoms with Crippen molar-refractivity contribution >= 4 is 22.0 Å². The molecule has 0 amide bonds. The average Bonchev–Trinajstić information content (AvgIpc) is 2.79. The second kappa shape index (κ2) is 7.42. The second-order valence-corrected chi connectivity index (χ2v) is 5.40. The lowest BCUT2D eigenvalue weighted by molar-refractivity contribution is -0.383. The lowest BCUT2D eigenvalue weighted by Crippen LogP contribution is -2.27. The van der Waals surface area contributed by atoms with Crippen molar-refractivity contribution in [3.8, 4) is 0 Å². The van der Waals surface area contributed by atoms with Gasteiger partial charge in [-0.25, -0.2) is 0 Å². The number of nitrogens with zero attached hydrogens (tertiary/aromatic N) is 2. The van der Waals surface area contributed by atoms with Gasteiger partial charge in [0.25, 0.3) is 0 Å². The SMILES string of the molecule is CCCCN(CCO)c1sc([C@H](C)O)cc1[N+](=O)[O-]. The van der Waals surface area contributed by atoms with Gasteiger partial charge < -0.3 is 15.1 Å². The Morgan fingerprint density at radius 2 is 2.21 bits per heavy atom. The first kappa shape index (κ1) is 15.9. The standard InChI is InChI=1S/C12H20N2O4S/c1-3-4-5-13(6-7-15)12-10(14(17)18)8-11(19-12)9(2)16/h8-9,15-16H,3-7H2,1-2H3/t9-/m0/s1. The van der Waals surface area contributed by atoms with Crippen molar-refractivity contribution in [3.05, 3.63) is 21.1 Å². The zero-order valence-electron chi connectivity index (χ0n) is 11.2. The molecule has 7 heteroatoms. The van der Waals surface area contributed by atoms with E-state index >= 15 is 0 Å². The van der Waals surface area contributed by atoms with Crippen molar-refractivity contribution in [1.29, 1.82) is 0 Å². The Hall–Kier alpha value is -1.18. The number of aliphatic hydroxyl groups is 2. The number of nitro groups is 1. The van der Waals surface area contributed by atoms with Gasteiger partial charge >= 0.3 is 5.69 Å². The molecule has 0 radical (unpaired) electrons. The molecule has 19 heavy (non-hydrogen) atoms. The van der Waals surface area contributed by atoms with E-state index in [2.05, 4.69) is 0 Å². The minimum absolute atomic E-state index is 0.00505. The smallest absolute Gasteiger partial charge is 0.304 e. The lowest BCUT2D eigenvalue weighted by Gasteiger charge is -2.21. The van der Waals surface area contributed by atoms with Crippen LogP contribution in [-0.2, 0) is 0 Å². The van der Waals surface area contributed by atoms with Gasteiger partial charge in [0, 0.05) is 24.0 Å². The lowest BCUT2D eigenvalue weighted by atomic mass is 10.3. The van der Waals surface area contributed by atoms with Crippen LogP contribution in [0, 0.1) is 10.1 Å². The van der Waals surface area contributed by atoms with Crippen LogP contribution in [0.3, 0.4) is 0 Å². The molecule has 0 spiro atoms. The molecule has 1 heterocycles. The molecule has 1 rings (SSSR count). The van der Waals surface area contributed by atoms with Crippen molar-refractivity contribution in [3.63, 3.8) is 0 Å². The molecule has 0 aromatic carbocycles. The van der Waals surface area contributed by atoms with E-state index in [1.165, 1.54) is 17.4 Å². The van der Waals surface area contributed by atoms with E-state index < -0.39 is 11.0 Å². The van der Waals surface area contributed by atoms with Crippen LogP contribution >= 0.6 is 11.3 Å². The quantitative estimate of drug-likeness (QED) is 0.566. The Labute approximate surface area is 116 Å². The molecule has 0 saturated carbocycles. The summed E-state index contributed by atoms with van der Waals surface area (Å²) < 4.78 is 0. The number of hydrogen-bond acceptors (Lipinski definition) is 6. The molecule has 0 fully saturated rings. The van der Waals surface area contributed by atoms with Crippen LogP contribution in [0.4, 0.5) is 10.7 Å². The first-order valence-corrected chi connectivity index (χ1v) is 7.14. The number of aliphatic hydroxyl groups excluding tert-OH is 2. The van der Waals surface area contributed by atoms with Crippen molar-refractivity contribution in [2.24, 2.45) is 0 Å². The first-order chi connectivity index (χ1) is 9.01. The molecular formula is C12H20N2O4S. The molecule has 0 aliphatic rings. The van der Waals surface area contributed by atoms with Gasteiger partial charge in [0.2, 0.25) is 0 Å². The van der Waals surface area contributed by atoms with E-state index in [9.17, 15) is 15.2 Å². The van der Waals surface area contributed by atoms with Crippen molar-refractivity contribution < 1.29 is 15.1 Å². The third-order valence-electron chi connectivity index (χ3n) is 2.76. The topological polar surface area (TPSA) is 86.8 Å². The highest BCUT2D eigenvalue weighted by molar-refractivity contribution is 7.16. The number of hydrogen-bond donors (Lipinski definition) is 2. The summed E-state index contributed by atoms with van der Waals surface area (Å²) in [4.78, 5) is 13.0. The Morgan fingerprint density at radius 3 is 2.68 bits per heavy atom. The molecule has 0 aliphatic carbocycles. The van der Waals surface area contributed by atoms with Crippen molar-refractivity contribution in [1.82, 2.24) is 0 Å². The summed E-state index contributed by atoms with van der Waals surface area (Å²) in [6.45, 7) is 4.60. The van der Waals surface area contributed by atoms with Crippen LogP contribution in [0.1, 0.15) is 37.7 Å². The zero-order valence-corrected chi connectivity index (χ0v) is 12.0. The summed E-state index contributed by atoms with van der Waals surface area (Å²) in [6, 6.07) is 1.42. The molecule has 1 atom stereocenters. The van der Waals surface area contributed by atoms with Crippen LogP contribution in [0.5, 0.6) is 0 Å². The molecule has 108 valence electrons. The van der Waals surface area contributed by atoms with E-state index in [1.54, 1.807) is 6.92 Å². The first-order valence-electron chi connectivity index (χ1n) is 6.33. The number of rotatable bonds is 8. The summed E-state index contributed by atoms with van der Waals surface area (Å²) in [5, 5.41) is 30.2. The van der Waals surface area contributed by atoms with Crippen LogP contribution in [-0.4, -0.2) is 34.8 Å². The summed E-state index contributed by atoms with van der Waals surface area (Å²) in [6.07, 6.45) is 1.16. The van der Waals surface area contributed by atoms with Gasteiger partial charge in [0.05, 0.1) is 17.6 Å². The molecule has 0 unspecified atom stereocenters. The molecule has 0 bridgehead atoms. The molecular weight excluding hydrogens is 268 g/mol. The van der Waals surface area contributed by atoms with Crippen LogP contribution in [0.2, 0.25) is 0 Å². The van der Waals surface area contributed by atoms with Gasteiger partial charge in [-0.15, -0.1) is 11.3 Å². The van der Waals surface area contributed by atoms with Gasteiger partial charge in [-0.3, -0.25) is 10.1 Å². The molecule has 1 aromatic heterocycles. The summed E-state index contributed by atoms with van der Waals surface area (Å²) in [5.41, 5.74) is 0.00505. The zero-order chi connectivity index (χ0) is 14.4. The highest BCUT2D eigenvalue weighted by Crippen LogP contribution is 2.40. The highest BCUT2D eigenvalue weighted by Gasteiger charge is 2.24. The van der Waals surface area contributed by atoms with Gasteiger partial charge in [0.15, 0.2) is 5.00 Å². The summed E-state index contributed by atoms with van der Waals surface area (Å²) >= 11 is 1.22. The van der Waals surface area contributed by atoms with E-state index in [-0.39, 0.29) is 12.3 Å². The number of unbranched alkanes of at least 4 members (excludes halogenated alkanes) is 1. The Kier molecular flexibility index (Phi) is 6.20. The maximum absolute atomic E-state index is 11.1. The fourth-order valence-electron chi connectivity index (χ4n) is 1.74. The third kappa shape index (κ3) is 4.15. The Morgan fingerprint density at radius 1 is 1.53 bits per heavy atom. The molecule has 2 N–H and O–H groups in total. The normalized spacial score (nSPS) is 12.4. The number of thiophene rings is 1. The Balaban J connectivity index is 3.08. The van der Waals surface area contributed by atoms with Crippen LogP contribution in [0.15, 0.2) is 6.07 Å². The molecule has 0 aliphatic heterocycles. The minimum atomic E-state index is -0.723. The second-order valence-electron chi connectivity index (χ2n) is 4.34. The predicted octanol–water partition coefficient (Wildman–Crippen LogP) is 2.31. The summed E-state index contributed by atoms with van der Waals surface area (Å²) in [7, 11) is 0. The highest BCUT2D eigenvalue weighted by atomic mass is 32.1. The molecule has 1 aromatic rings.